The second-order valence-electron chi connectivity index (χ2n) is 10.4. The van der Waals surface area contributed by atoms with Crippen LogP contribution in [0.1, 0.15) is 48.1 Å². The van der Waals surface area contributed by atoms with E-state index in [1.165, 1.54) is 19.2 Å². The van der Waals surface area contributed by atoms with E-state index in [0.717, 1.165) is 0 Å². The minimum absolute atomic E-state index is 0.253. The molecule has 1 aliphatic carbocycles. The molecule has 4 aromatic rings. The molecule has 0 unspecified atom stereocenters. The van der Waals surface area contributed by atoms with Crippen LogP contribution in [-0.2, 0) is 0 Å². The first kappa shape index (κ1) is 24.2. The smallest absolute Gasteiger partial charge is 0.186 e. The molecule has 0 aromatic heterocycles. The summed E-state index contributed by atoms with van der Waals surface area (Å²) in [5.41, 5.74) is 1.43. The number of Topliss-reactive ketones (excluding diaryl/α,β-unsaturated/α-hetero) is 3. The summed E-state index contributed by atoms with van der Waals surface area (Å²) in [6, 6.07) is 25.7. The van der Waals surface area contributed by atoms with Gasteiger partial charge in [0, 0.05) is 33.9 Å². The lowest BCUT2D eigenvalue weighted by Gasteiger charge is -2.37. The molecule has 40 heavy (non-hydrogen) atoms. The van der Waals surface area contributed by atoms with Gasteiger partial charge in [0.15, 0.2) is 17.3 Å². The fraction of sp³-hybridized carbons (Fsp3) is 0.147. The minimum Gasteiger partial charge on any atom is -0.497 e. The van der Waals surface area contributed by atoms with Crippen LogP contribution in [0.4, 0.5) is 10.1 Å². The summed E-state index contributed by atoms with van der Waals surface area (Å²) in [7, 11) is 1.53. The van der Waals surface area contributed by atoms with Gasteiger partial charge in [-0.25, -0.2) is 4.39 Å². The molecule has 3 aliphatic rings. The van der Waals surface area contributed by atoms with Crippen molar-refractivity contribution >= 4 is 29.1 Å². The number of anilines is 1. The summed E-state index contributed by atoms with van der Waals surface area (Å²) in [6.45, 7) is 0. The molecule has 2 heterocycles. The normalized spacial score (nSPS) is 21.8. The lowest BCUT2D eigenvalue weighted by Crippen LogP contribution is -2.48. The van der Waals surface area contributed by atoms with Gasteiger partial charge in [-0.2, -0.15) is 0 Å². The molecular weight excluding hydrogens is 505 g/mol. The van der Waals surface area contributed by atoms with E-state index in [9.17, 15) is 18.8 Å². The molecule has 1 saturated heterocycles. The number of halogens is 1. The Kier molecular flexibility index (Phi) is 5.36. The number of benzene rings is 4. The quantitative estimate of drug-likeness (QED) is 0.234. The maximum Gasteiger partial charge on any atom is 0.186 e. The first-order chi connectivity index (χ1) is 19.5. The summed E-state index contributed by atoms with van der Waals surface area (Å²) in [5, 5.41) is 0. The van der Waals surface area contributed by atoms with E-state index < -0.39 is 29.2 Å². The molecule has 1 spiro atoms. The number of carbonyl (C=O) groups excluding carboxylic acids is 3. The lowest BCUT2D eigenvalue weighted by atomic mass is 9.64. The van der Waals surface area contributed by atoms with Crippen molar-refractivity contribution in [1.82, 2.24) is 0 Å². The third-order valence-corrected chi connectivity index (χ3v) is 8.55. The fourth-order valence-corrected chi connectivity index (χ4v) is 6.93. The molecule has 2 aliphatic heterocycles. The summed E-state index contributed by atoms with van der Waals surface area (Å²) in [4.78, 5) is 45.6. The van der Waals surface area contributed by atoms with Crippen molar-refractivity contribution in [2.75, 3.05) is 12.0 Å². The minimum atomic E-state index is -1.59. The van der Waals surface area contributed by atoms with Crippen molar-refractivity contribution in [3.8, 4) is 5.75 Å². The number of hydrogen-bond donors (Lipinski definition) is 0. The monoisotopic (exact) mass is 529 g/mol. The highest BCUT2D eigenvalue weighted by Crippen LogP contribution is 2.61. The van der Waals surface area contributed by atoms with Crippen LogP contribution < -0.4 is 9.64 Å². The first-order valence-electron chi connectivity index (χ1n) is 13.1. The molecule has 0 amide bonds. The average molecular weight is 530 g/mol. The zero-order valence-electron chi connectivity index (χ0n) is 21.6. The summed E-state index contributed by atoms with van der Waals surface area (Å²) >= 11 is 0. The Morgan fingerprint density at radius 2 is 1.55 bits per heavy atom. The zero-order valence-corrected chi connectivity index (χ0v) is 21.6. The van der Waals surface area contributed by atoms with Crippen LogP contribution >= 0.6 is 0 Å². The SMILES string of the molecule is COc1cccc(C(=O)[C@@H]2[C@H](c3ccccc3)C3(C(=O)c4ccccc4C3=O)[C@H]3C=Cc4cc(F)ccc4N23)c1. The van der Waals surface area contributed by atoms with Gasteiger partial charge in [0.25, 0.3) is 0 Å². The third kappa shape index (κ3) is 3.16. The van der Waals surface area contributed by atoms with Crippen LogP contribution in [0.2, 0.25) is 0 Å². The second kappa shape index (κ2) is 8.85. The Bertz CT molecular complexity index is 1710. The molecular formula is C34H24FNO4. The molecule has 196 valence electrons. The van der Waals surface area contributed by atoms with Gasteiger partial charge in [-0.05, 0) is 35.9 Å². The van der Waals surface area contributed by atoms with E-state index >= 15 is 0 Å². The molecule has 0 radical (unpaired) electrons. The van der Waals surface area contributed by atoms with E-state index in [1.807, 2.05) is 35.2 Å². The number of carbonyl (C=O) groups is 3. The third-order valence-electron chi connectivity index (χ3n) is 8.55. The Hall–Kier alpha value is -4.84. The highest BCUT2D eigenvalue weighted by atomic mass is 19.1. The molecule has 0 saturated carbocycles. The largest absolute Gasteiger partial charge is 0.497 e. The van der Waals surface area contributed by atoms with Crippen molar-refractivity contribution in [2.24, 2.45) is 5.41 Å². The predicted octanol–water partition coefficient (Wildman–Crippen LogP) is 6.15. The number of rotatable bonds is 4. The molecule has 3 atom stereocenters. The van der Waals surface area contributed by atoms with E-state index in [4.69, 9.17) is 4.74 Å². The maximum atomic E-state index is 14.6. The van der Waals surface area contributed by atoms with Gasteiger partial charge < -0.3 is 9.64 Å². The Balaban J connectivity index is 1.54. The number of methoxy groups -OCH3 is 1. The first-order valence-corrected chi connectivity index (χ1v) is 13.1. The van der Waals surface area contributed by atoms with Gasteiger partial charge >= 0.3 is 0 Å². The van der Waals surface area contributed by atoms with E-state index in [2.05, 4.69) is 0 Å². The summed E-state index contributed by atoms with van der Waals surface area (Å²) < 4.78 is 19.7. The molecule has 7 rings (SSSR count). The number of nitrogens with zero attached hydrogens (tertiary/aromatic N) is 1. The fourth-order valence-electron chi connectivity index (χ4n) is 6.93. The molecule has 0 N–H and O–H groups in total. The predicted molar refractivity (Wildman–Crippen MR) is 150 cm³/mol. The van der Waals surface area contributed by atoms with Crippen LogP contribution in [0.25, 0.3) is 6.08 Å². The van der Waals surface area contributed by atoms with Crippen molar-refractivity contribution in [1.29, 1.82) is 0 Å². The standard InChI is InChI=1S/C34H24FNO4/c1-40-24-11-7-10-22(19-24)31(37)30-29(20-8-3-2-4-9-20)34(32(38)25-12-5-6-13-26(25)33(34)39)28-17-14-21-18-23(35)15-16-27(21)36(28)30/h2-19,28-30H,1H3/t28-,29+,30+/m1/s1. The molecule has 5 nitrogen and oxygen atoms in total. The topological polar surface area (TPSA) is 63.7 Å². The van der Waals surface area contributed by atoms with Gasteiger partial charge in [0.05, 0.1) is 13.2 Å². The van der Waals surface area contributed by atoms with E-state index in [0.29, 0.717) is 39.3 Å². The number of fused-ring (bicyclic) bond motifs is 5. The Morgan fingerprint density at radius 3 is 2.25 bits per heavy atom. The van der Waals surface area contributed by atoms with Crippen molar-refractivity contribution in [3.05, 3.63) is 137 Å². The molecule has 1 fully saturated rings. The summed E-state index contributed by atoms with van der Waals surface area (Å²) in [5.74, 6) is -1.55. The molecule has 6 heteroatoms. The van der Waals surface area contributed by atoms with Crippen molar-refractivity contribution < 1.29 is 23.5 Å². The van der Waals surface area contributed by atoms with E-state index in [1.54, 1.807) is 66.7 Å². The molecule has 0 bridgehead atoms. The van der Waals surface area contributed by atoms with Crippen LogP contribution in [0, 0.1) is 11.2 Å². The lowest BCUT2D eigenvalue weighted by molar-refractivity contribution is 0.0666. The van der Waals surface area contributed by atoms with Crippen LogP contribution in [-0.4, -0.2) is 36.5 Å². The van der Waals surface area contributed by atoms with Crippen molar-refractivity contribution in [3.63, 3.8) is 0 Å². The molecule has 4 aromatic carbocycles. The van der Waals surface area contributed by atoms with Crippen LogP contribution in [0.5, 0.6) is 5.75 Å². The Labute approximate surface area is 230 Å². The van der Waals surface area contributed by atoms with Gasteiger partial charge in [0.1, 0.15) is 23.0 Å². The number of ether oxygens (including phenoxy) is 1. The van der Waals surface area contributed by atoms with Crippen molar-refractivity contribution in [2.45, 2.75) is 18.0 Å². The highest BCUT2D eigenvalue weighted by Gasteiger charge is 2.71. The zero-order chi connectivity index (χ0) is 27.6. The van der Waals surface area contributed by atoms with Gasteiger partial charge in [-0.15, -0.1) is 0 Å². The average Bonchev–Trinajstić information content (AvgIpc) is 3.43. The summed E-state index contributed by atoms with van der Waals surface area (Å²) in [6.07, 6.45) is 3.55. The van der Waals surface area contributed by atoms with Crippen LogP contribution in [0.15, 0.2) is 103 Å². The van der Waals surface area contributed by atoms with Gasteiger partial charge in [-0.3, -0.25) is 14.4 Å². The highest BCUT2D eigenvalue weighted by molar-refractivity contribution is 6.32. The van der Waals surface area contributed by atoms with Gasteiger partial charge in [0.2, 0.25) is 0 Å². The maximum absolute atomic E-state index is 14.6. The van der Waals surface area contributed by atoms with Crippen LogP contribution in [0.3, 0.4) is 0 Å². The second-order valence-corrected chi connectivity index (χ2v) is 10.4. The van der Waals surface area contributed by atoms with Gasteiger partial charge in [-0.1, -0.05) is 78.9 Å². The Morgan fingerprint density at radius 1 is 0.850 bits per heavy atom. The van der Waals surface area contributed by atoms with E-state index in [-0.39, 0.29) is 17.3 Å². The number of ketones is 3. The number of hydrogen-bond acceptors (Lipinski definition) is 5.